The van der Waals surface area contributed by atoms with Gasteiger partial charge >= 0.3 is 5.97 Å². The maximum atomic E-state index is 11.0. The Hall–Kier alpha value is -0.610. The predicted molar refractivity (Wildman–Crippen MR) is 57.2 cm³/mol. The molecule has 0 saturated carbocycles. The van der Waals surface area contributed by atoms with E-state index in [9.17, 15) is 4.79 Å². The molecule has 0 aromatic rings. The monoisotopic (exact) mass is 215 g/mol. The topological polar surface area (TPSA) is 38.8 Å². The summed E-state index contributed by atoms with van der Waals surface area (Å²) in [7, 11) is 1.73. The van der Waals surface area contributed by atoms with Crippen LogP contribution in [0, 0.1) is 0 Å². The van der Waals surface area contributed by atoms with Gasteiger partial charge in [-0.15, -0.1) is 5.06 Å². The Bertz CT molecular complexity index is 240. The fourth-order valence-corrected chi connectivity index (χ4v) is 2.33. The summed E-state index contributed by atoms with van der Waals surface area (Å²) >= 11 is 0. The number of nitrogens with zero attached hydrogens (tertiary/aromatic N) is 1. The van der Waals surface area contributed by atoms with Gasteiger partial charge in [-0.3, -0.25) is 4.79 Å². The molecule has 0 aliphatic carbocycles. The lowest BCUT2D eigenvalue weighted by Crippen LogP contribution is -2.56. The van der Waals surface area contributed by atoms with Gasteiger partial charge in [0, 0.05) is 20.1 Å². The van der Waals surface area contributed by atoms with Crippen molar-refractivity contribution in [3.8, 4) is 0 Å². The Kier molecular flexibility index (Phi) is 3.73. The number of hydrogen-bond donors (Lipinski definition) is 0. The highest BCUT2D eigenvalue weighted by Crippen LogP contribution is 2.33. The summed E-state index contributed by atoms with van der Waals surface area (Å²) < 4.78 is 5.38. The fraction of sp³-hybridized carbons (Fsp3) is 0.909. The van der Waals surface area contributed by atoms with Crippen LogP contribution in [0.3, 0.4) is 0 Å². The first kappa shape index (κ1) is 12.5. The Balaban J connectivity index is 2.74. The van der Waals surface area contributed by atoms with Crippen LogP contribution in [0.1, 0.15) is 40.5 Å². The maximum Gasteiger partial charge on any atom is 0.322 e. The highest BCUT2D eigenvalue weighted by molar-refractivity contribution is 5.65. The summed E-state index contributed by atoms with van der Waals surface area (Å²) in [5.41, 5.74) is -0.163. The van der Waals surface area contributed by atoms with Gasteiger partial charge in [0.25, 0.3) is 0 Å². The number of carbonyl (C=O) groups is 1. The summed E-state index contributed by atoms with van der Waals surface area (Å²) in [6, 6.07) is 0.197. The van der Waals surface area contributed by atoms with Crippen molar-refractivity contribution in [1.29, 1.82) is 0 Å². The third-order valence-electron chi connectivity index (χ3n) is 2.89. The maximum absolute atomic E-state index is 11.0. The molecule has 0 aromatic heterocycles. The summed E-state index contributed by atoms with van der Waals surface area (Å²) in [6.45, 7) is 7.62. The van der Waals surface area contributed by atoms with Crippen LogP contribution in [-0.2, 0) is 14.4 Å². The molecule has 1 saturated heterocycles. The third-order valence-corrected chi connectivity index (χ3v) is 2.89. The van der Waals surface area contributed by atoms with E-state index in [1.54, 1.807) is 12.2 Å². The Morgan fingerprint density at radius 1 is 1.47 bits per heavy atom. The molecule has 1 fully saturated rings. The molecule has 1 aliphatic heterocycles. The molecule has 4 nitrogen and oxygen atoms in total. The summed E-state index contributed by atoms with van der Waals surface area (Å²) in [5.74, 6) is -0.259. The van der Waals surface area contributed by atoms with E-state index in [0.717, 1.165) is 12.8 Å². The van der Waals surface area contributed by atoms with E-state index >= 15 is 0 Å². The molecule has 0 spiro atoms. The molecule has 0 bridgehead atoms. The molecule has 15 heavy (non-hydrogen) atoms. The molecule has 2 atom stereocenters. The van der Waals surface area contributed by atoms with Crippen LogP contribution < -0.4 is 0 Å². The van der Waals surface area contributed by atoms with E-state index in [4.69, 9.17) is 9.57 Å². The minimum Gasteiger partial charge on any atom is -0.381 e. The Labute approximate surface area is 91.5 Å². The van der Waals surface area contributed by atoms with Gasteiger partial charge < -0.3 is 9.57 Å². The van der Waals surface area contributed by atoms with Gasteiger partial charge in [0.1, 0.15) is 0 Å². The first-order chi connectivity index (χ1) is 6.86. The summed E-state index contributed by atoms with van der Waals surface area (Å²) in [6.07, 6.45) is 2.02. The molecule has 1 heterocycles. The molecule has 1 aliphatic rings. The smallest absolute Gasteiger partial charge is 0.322 e. The molecular weight excluding hydrogens is 194 g/mol. The van der Waals surface area contributed by atoms with E-state index < -0.39 is 0 Å². The highest BCUT2D eigenvalue weighted by atomic mass is 16.7. The minimum absolute atomic E-state index is 0.163. The van der Waals surface area contributed by atoms with Crippen molar-refractivity contribution in [1.82, 2.24) is 5.06 Å². The second-order valence-corrected chi connectivity index (χ2v) is 4.87. The molecule has 88 valence electrons. The first-order valence-corrected chi connectivity index (χ1v) is 5.37. The quantitative estimate of drug-likeness (QED) is 0.703. The van der Waals surface area contributed by atoms with Crippen LogP contribution in [-0.4, -0.2) is 35.8 Å². The van der Waals surface area contributed by atoms with E-state index in [2.05, 4.69) is 20.8 Å². The van der Waals surface area contributed by atoms with Gasteiger partial charge in [-0.1, -0.05) is 0 Å². The summed E-state index contributed by atoms with van der Waals surface area (Å²) in [5, 5.41) is 1.80. The van der Waals surface area contributed by atoms with E-state index in [-0.39, 0.29) is 23.7 Å². The lowest BCUT2D eigenvalue weighted by atomic mass is 9.87. The summed E-state index contributed by atoms with van der Waals surface area (Å²) in [4.78, 5) is 16.3. The molecule has 4 heteroatoms. The zero-order valence-electron chi connectivity index (χ0n) is 10.2. The largest absolute Gasteiger partial charge is 0.381 e. The standard InChI is InChI=1S/C11H21NO3/c1-8-6-10(14-5)7-11(3,4)12(8)15-9(2)13/h8,10H,6-7H2,1-5H3. The van der Waals surface area contributed by atoms with Crippen molar-refractivity contribution in [2.45, 2.75) is 58.2 Å². The molecule has 2 unspecified atom stereocenters. The third kappa shape index (κ3) is 2.92. The van der Waals surface area contributed by atoms with Crippen LogP contribution in [0.25, 0.3) is 0 Å². The van der Waals surface area contributed by atoms with Crippen LogP contribution in [0.2, 0.25) is 0 Å². The van der Waals surface area contributed by atoms with Gasteiger partial charge in [0.05, 0.1) is 11.6 Å². The number of rotatable bonds is 2. The van der Waals surface area contributed by atoms with Crippen LogP contribution in [0.4, 0.5) is 0 Å². The molecule has 0 aromatic carbocycles. The fourth-order valence-electron chi connectivity index (χ4n) is 2.33. The van der Waals surface area contributed by atoms with E-state index in [1.165, 1.54) is 6.92 Å². The second-order valence-electron chi connectivity index (χ2n) is 4.87. The van der Waals surface area contributed by atoms with Gasteiger partial charge in [0.15, 0.2) is 0 Å². The molecule has 0 N–H and O–H groups in total. The van der Waals surface area contributed by atoms with Crippen LogP contribution in [0.5, 0.6) is 0 Å². The average molecular weight is 215 g/mol. The molecule has 1 rings (SSSR count). The van der Waals surface area contributed by atoms with Gasteiger partial charge in [0.2, 0.25) is 0 Å². The average Bonchev–Trinajstić information content (AvgIpc) is 2.10. The van der Waals surface area contributed by atoms with E-state index in [0.29, 0.717) is 0 Å². The SMILES string of the molecule is COC1CC(C)N(OC(C)=O)C(C)(C)C1. The molecular formula is C11H21NO3. The number of ether oxygens (including phenoxy) is 1. The van der Waals surface area contributed by atoms with Gasteiger partial charge in [-0.25, -0.2) is 0 Å². The highest BCUT2D eigenvalue weighted by Gasteiger charge is 2.41. The van der Waals surface area contributed by atoms with Crippen molar-refractivity contribution in [3.05, 3.63) is 0 Å². The minimum atomic E-state index is -0.259. The van der Waals surface area contributed by atoms with Crippen LogP contribution in [0.15, 0.2) is 0 Å². The number of carbonyl (C=O) groups excluding carboxylic acids is 1. The Morgan fingerprint density at radius 3 is 2.47 bits per heavy atom. The van der Waals surface area contributed by atoms with Crippen molar-refractivity contribution in [2.75, 3.05) is 7.11 Å². The molecule has 0 radical (unpaired) electrons. The van der Waals surface area contributed by atoms with Crippen LogP contribution >= 0.6 is 0 Å². The molecule has 0 amide bonds. The lowest BCUT2D eigenvalue weighted by Gasteiger charge is -2.46. The van der Waals surface area contributed by atoms with Crippen molar-refractivity contribution in [3.63, 3.8) is 0 Å². The van der Waals surface area contributed by atoms with Gasteiger partial charge in [-0.05, 0) is 33.6 Å². The van der Waals surface area contributed by atoms with Crippen molar-refractivity contribution in [2.24, 2.45) is 0 Å². The number of hydrogen-bond acceptors (Lipinski definition) is 4. The van der Waals surface area contributed by atoms with Crippen molar-refractivity contribution >= 4 is 5.97 Å². The number of methoxy groups -OCH3 is 1. The number of piperidine rings is 1. The lowest BCUT2D eigenvalue weighted by molar-refractivity contribution is -0.250. The van der Waals surface area contributed by atoms with Gasteiger partial charge in [-0.2, -0.15) is 0 Å². The normalized spacial score (nSPS) is 31.3. The zero-order chi connectivity index (χ0) is 11.6. The predicted octanol–water partition coefficient (Wildman–Crippen LogP) is 1.74. The number of hydroxylamine groups is 2. The second kappa shape index (κ2) is 4.49. The van der Waals surface area contributed by atoms with E-state index in [1.807, 2.05) is 0 Å². The zero-order valence-corrected chi connectivity index (χ0v) is 10.2. The van der Waals surface area contributed by atoms with Crippen molar-refractivity contribution < 1.29 is 14.4 Å². The first-order valence-electron chi connectivity index (χ1n) is 5.37. The Morgan fingerprint density at radius 2 is 2.07 bits per heavy atom.